The van der Waals surface area contributed by atoms with Crippen molar-refractivity contribution in [3.05, 3.63) is 0 Å². The lowest BCUT2D eigenvalue weighted by Crippen LogP contribution is -2.59. The minimum absolute atomic E-state index is 0.0303. The Morgan fingerprint density at radius 1 is 1.47 bits per heavy atom. The molecule has 4 nitrogen and oxygen atoms in total. The summed E-state index contributed by atoms with van der Waals surface area (Å²) in [4.78, 5) is 24.9. The van der Waals surface area contributed by atoms with E-state index in [0.29, 0.717) is 0 Å². The zero-order valence-corrected chi connectivity index (χ0v) is 9.32. The Morgan fingerprint density at radius 3 is 2.73 bits per heavy atom. The summed E-state index contributed by atoms with van der Waals surface area (Å²) < 4.78 is 0. The summed E-state index contributed by atoms with van der Waals surface area (Å²) in [5.74, 6) is 0.803. The molecule has 1 N–H and O–H groups in total. The van der Waals surface area contributed by atoms with Crippen molar-refractivity contribution >= 4 is 11.8 Å². The van der Waals surface area contributed by atoms with Crippen LogP contribution in [0.3, 0.4) is 0 Å². The van der Waals surface area contributed by atoms with E-state index < -0.39 is 0 Å². The third kappa shape index (κ3) is 2.13. The van der Waals surface area contributed by atoms with Crippen molar-refractivity contribution in [2.75, 3.05) is 6.54 Å². The van der Waals surface area contributed by atoms with Gasteiger partial charge in [-0.2, -0.15) is 0 Å². The van der Waals surface area contributed by atoms with Gasteiger partial charge in [-0.25, -0.2) is 0 Å². The third-order valence-corrected chi connectivity index (χ3v) is 3.34. The van der Waals surface area contributed by atoms with Gasteiger partial charge in [0.05, 0.1) is 6.54 Å². The number of nitrogens with zero attached hydrogens (tertiary/aromatic N) is 1. The number of rotatable bonds is 3. The van der Waals surface area contributed by atoms with Crippen LogP contribution in [0.4, 0.5) is 0 Å². The number of amides is 2. The zero-order valence-electron chi connectivity index (χ0n) is 9.32. The Labute approximate surface area is 90.0 Å². The van der Waals surface area contributed by atoms with Gasteiger partial charge in [0.2, 0.25) is 11.8 Å². The first-order chi connectivity index (χ1) is 7.09. The Balaban J connectivity index is 2.02. The van der Waals surface area contributed by atoms with Gasteiger partial charge < -0.3 is 10.2 Å². The van der Waals surface area contributed by atoms with E-state index in [-0.39, 0.29) is 30.4 Å². The first kappa shape index (κ1) is 10.5. The van der Waals surface area contributed by atoms with E-state index in [1.807, 2.05) is 6.92 Å². The highest BCUT2D eigenvalue weighted by Crippen LogP contribution is 2.35. The van der Waals surface area contributed by atoms with Crippen LogP contribution in [0.5, 0.6) is 0 Å². The van der Waals surface area contributed by atoms with E-state index in [4.69, 9.17) is 0 Å². The molecular weight excluding hydrogens is 192 g/mol. The molecule has 0 aromatic heterocycles. The lowest BCUT2D eigenvalue weighted by atomic mass is 10.1. The van der Waals surface area contributed by atoms with Gasteiger partial charge in [-0.15, -0.1) is 0 Å². The molecule has 2 rings (SSSR count). The van der Waals surface area contributed by atoms with Crippen molar-refractivity contribution in [3.8, 4) is 0 Å². The summed E-state index contributed by atoms with van der Waals surface area (Å²) in [5.41, 5.74) is 0. The summed E-state index contributed by atoms with van der Waals surface area (Å²) >= 11 is 0. The first-order valence-corrected chi connectivity index (χ1v) is 5.68. The zero-order chi connectivity index (χ0) is 11.0. The third-order valence-electron chi connectivity index (χ3n) is 3.34. The second-order valence-electron chi connectivity index (χ2n) is 4.72. The molecule has 2 amide bonds. The largest absolute Gasteiger partial charge is 0.345 e. The van der Waals surface area contributed by atoms with Crippen LogP contribution in [0.15, 0.2) is 0 Å². The van der Waals surface area contributed by atoms with Gasteiger partial charge in [0.1, 0.15) is 6.04 Å². The Bertz CT molecular complexity index is 286. The summed E-state index contributed by atoms with van der Waals surface area (Å²) in [6, 6.07) is -0.106. The van der Waals surface area contributed by atoms with Gasteiger partial charge in [0.15, 0.2) is 0 Å². The first-order valence-electron chi connectivity index (χ1n) is 5.68. The second-order valence-corrected chi connectivity index (χ2v) is 4.72. The molecule has 2 atom stereocenters. The Morgan fingerprint density at radius 2 is 2.13 bits per heavy atom. The van der Waals surface area contributed by atoms with Gasteiger partial charge in [-0.05, 0) is 26.2 Å². The Hall–Kier alpha value is -1.06. The number of nitrogens with one attached hydrogen (secondary N) is 1. The van der Waals surface area contributed by atoms with E-state index in [2.05, 4.69) is 5.32 Å². The number of hydrogen-bond acceptors (Lipinski definition) is 2. The fourth-order valence-corrected chi connectivity index (χ4v) is 2.32. The molecule has 0 bridgehead atoms. The molecule has 0 radical (unpaired) electrons. The van der Waals surface area contributed by atoms with Crippen molar-refractivity contribution in [2.24, 2.45) is 5.92 Å². The van der Waals surface area contributed by atoms with E-state index in [1.165, 1.54) is 12.8 Å². The molecule has 1 saturated carbocycles. The standard InChI is InChI=1S/C11H18N2O2/c1-7(5-9-3-4-9)13-8(2)11(15)12-6-10(13)14/h7-9H,3-6H2,1-2H3,(H,12,15). The average molecular weight is 210 g/mol. The fraction of sp³-hybridized carbons (Fsp3) is 0.818. The van der Waals surface area contributed by atoms with Crippen molar-refractivity contribution in [2.45, 2.75) is 45.2 Å². The van der Waals surface area contributed by atoms with Crippen LogP contribution in [0.2, 0.25) is 0 Å². The fourth-order valence-electron chi connectivity index (χ4n) is 2.32. The van der Waals surface area contributed by atoms with Crippen LogP contribution in [0.1, 0.15) is 33.1 Å². The highest BCUT2D eigenvalue weighted by molar-refractivity contribution is 5.94. The maximum absolute atomic E-state index is 11.7. The van der Waals surface area contributed by atoms with Crippen LogP contribution < -0.4 is 5.32 Å². The predicted octanol–water partition coefficient (Wildman–Crippen LogP) is 0.522. The van der Waals surface area contributed by atoms with Crippen LogP contribution in [-0.2, 0) is 9.59 Å². The van der Waals surface area contributed by atoms with Crippen LogP contribution in [-0.4, -0.2) is 35.3 Å². The molecule has 1 heterocycles. The molecule has 1 aliphatic carbocycles. The molecule has 1 aliphatic heterocycles. The molecule has 4 heteroatoms. The van der Waals surface area contributed by atoms with Crippen LogP contribution in [0.25, 0.3) is 0 Å². The predicted molar refractivity (Wildman–Crippen MR) is 56.1 cm³/mol. The topological polar surface area (TPSA) is 49.4 Å². The molecule has 1 saturated heterocycles. The number of hydrogen-bond donors (Lipinski definition) is 1. The average Bonchev–Trinajstić information content (AvgIpc) is 2.96. The normalized spacial score (nSPS) is 28.9. The summed E-state index contributed by atoms with van der Waals surface area (Å²) in [7, 11) is 0. The molecule has 2 unspecified atom stereocenters. The van der Waals surface area contributed by atoms with E-state index >= 15 is 0 Å². The molecule has 2 aliphatic rings. The summed E-state index contributed by atoms with van der Waals surface area (Å²) in [5, 5.41) is 2.61. The van der Waals surface area contributed by atoms with Gasteiger partial charge in [-0.1, -0.05) is 12.8 Å². The van der Waals surface area contributed by atoms with Gasteiger partial charge in [-0.3, -0.25) is 9.59 Å². The van der Waals surface area contributed by atoms with Gasteiger partial charge in [0, 0.05) is 6.04 Å². The van der Waals surface area contributed by atoms with Crippen molar-refractivity contribution in [3.63, 3.8) is 0 Å². The maximum Gasteiger partial charge on any atom is 0.242 e. The van der Waals surface area contributed by atoms with Gasteiger partial charge >= 0.3 is 0 Å². The highest BCUT2D eigenvalue weighted by atomic mass is 16.2. The number of carbonyl (C=O) groups excluding carboxylic acids is 2. The second kappa shape index (κ2) is 3.83. The minimum Gasteiger partial charge on any atom is -0.345 e. The smallest absolute Gasteiger partial charge is 0.242 e. The van der Waals surface area contributed by atoms with Gasteiger partial charge in [0.25, 0.3) is 0 Å². The lowest BCUT2D eigenvalue weighted by Gasteiger charge is -2.37. The molecule has 2 fully saturated rings. The summed E-state index contributed by atoms with van der Waals surface area (Å²) in [6.07, 6.45) is 3.61. The maximum atomic E-state index is 11.7. The van der Waals surface area contributed by atoms with Crippen LogP contribution >= 0.6 is 0 Å². The van der Waals surface area contributed by atoms with E-state index in [1.54, 1.807) is 11.8 Å². The van der Waals surface area contributed by atoms with E-state index in [9.17, 15) is 9.59 Å². The SMILES string of the molecule is CC(CC1CC1)N1C(=O)CNC(=O)C1C. The molecule has 15 heavy (non-hydrogen) atoms. The van der Waals surface area contributed by atoms with Crippen molar-refractivity contribution in [1.82, 2.24) is 10.2 Å². The Kier molecular flexibility index (Phi) is 2.67. The number of piperazine rings is 1. The molecule has 84 valence electrons. The molecule has 0 spiro atoms. The molecular formula is C11H18N2O2. The quantitative estimate of drug-likeness (QED) is 0.738. The lowest BCUT2D eigenvalue weighted by molar-refractivity contribution is -0.147. The highest BCUT2D eigenvalue weighted by Gasteiger charge is 2.36. The van der Waals surface area contributed by atoms with Crippen LogP contribution in [0, 0.1) is 5.92 Å². The summed E-state index contributed by atoms with van der Waals surface area (Å²) in [6.45, 7) is 4.01. The molecule has 0 aromatic rings. The van der Waals surface area contributed by atoms with Crippen molar-refractivity contribution in [1.29, 1.82) is 0 Å². The molecule has 0 aromatic carbocycles. The minimum atomic E-state index is -0.306. The van der Waals surface area contributed by atoms with Crippen molar-refractivity contribution < 1.29 is 9.59 Å². The van der Waals surface area contributed by atoms with E-state index in [0.717, 1.165) is 12.3 Å². The number of carbonyl (C=O) groups is 2. The monoisotopic (exact) mass is 210 g/mol.